The third-order valence-electron chi connectivity index (χ3n) is 7.46. The van der Waals surface area contributed by atoms with Crippen LogP contribution in [-0.2, 0) is 9.47 Å². The Kier molecular flexibility index (Phi) is 14.6. The second kappa shape index (κ2) is 16.3. The maximum atomic E-state index is 11.7. The molecule has 7 atom stereocenters. The van der Waals surface area contributed by atoms with Crippen molar-refractivity contribution in [2.24, 2.45) is 35.5 Å². The molecule has 0 radical (unpaired) electrons. The van der Waals surface area contributed by atoms with Crippen LogP contribution >= 0.6 is 0 Å². The summed E-state index contributed by atoms with van der Waals surface area (Å²) in [7, 11) is 0. The van der Waals surface area contributed by atoms with Gasteiger partial charge in [-0.25, -0.2) is 9.59 Å². The van der Waals surface area contributed by atoms with E-state index in [2.05, 4.69) is 52.2 Å². The van der Waals surface area contributed by atoms with E-state index in [0.29, 0.717) is 35.5 Å². The van der Waals surface area contributed by atoms with Crippen LogP contribution in [-0.4, -0.2) is 60.4 Å². The highest BCUT2D eigenvalue weighted by molar-refractivity contribution is 5.68. The molecular weight excluding hydrogens is 448 g/mol. The largest absolute Gasteiger partial charge is 0.446 e. The number of aliphatic hydroxyl groups is 2. The van der Waals surface area contributed by atoms with Crippen LogP contribution in [0.25, 0.3) is 0 Å². The number of ether oxygens (including phenoxy) is 2. The molecule has 2 amide bonds. The summed E-state index contributed by atoms with van der Waals surface area (Å²) in [5.41, 5.74) is 0. The van der Waals surface area contributed by atoms with Crippen LogP contribution < -0.4 is 10.6 Å². The summed E-state index contributed by atoms with van der Waals surface area (Å²) in [4.78, 5) is 23.2. The third kappa shape index (κ3) is 11.8. The van der Waals surface area contributed by atoms with Crippen molar-refractivity contribution in [3.05, 3.63) is 0 Å². The van der Waals surface area contributed by atoms with Crippen LogP contribution in [0.2, 0.25) is 0 Å². The normalized spacial score (nSPS) is 29.6. The first-order valence-corrected chi connectivity index (χ1v) is 13.6. The third-order valence-corrected chi connectivity index (χ3v) is 7.46. The number of carbonyl (C=O) groups is 2. The monoisotopic (exact) mass is 500 g/mol. The average molecular weight is 501 g/mol. The van der Waals surface area contributed by atoms with E-state index in [1.807, 2.05) is 0 Å². The van der Waals surface area contributed by atoms with Crippen LogP contribution in [0, 0.1) is 35.5 Å². The first-order chi connectivity index (χ1) is 16.5. The Morgan fingerprint density at radius 1 is 0.800 bits per heavy atom. The molecular formula is C27H52N2O6. The predicted octanol–water partition coefficient (Wildman–Crippen LogP) is 4.72. The fourth-order valence-corrected chi connectivity index (χ4v) is 5.26. The molecule has 0 saturated heterocycles. The SMILES string of the molecule is CC1CCC(C(C)C)C(OC(=O)NC(C)CO)C1.CC1CCC(C(C)C)C(OC(=O)NCCO)C1. The molecule has 2 fully saturated rings. The molecule has 4 N–H and O–H groups in total. The summed E-state index contributed by atoms with van der Waals surface area (Å²) in [6.07, 6.45) is 5.85. The zero-order valence-electron chi connectivity index (χ0n) is 23.1. The first-order valence-electron chi connectivity index (χ1n) is 13.6. The molecule has 0 aromatic rings. The van der Waals surface area contributed by atoms with E-state index in [0.717, 1.165) is 25.7 Å². The van der Waals surface area contributed by atoms with E-state index in [4.69, 9.17) is 19.7 Å². The second-order valence-corrected chi connectivity index (χ2v) is 11.4. The molecule has 2 aliphatic carbocycles. The van der Waals surface area contributed by atoms with Gasteiger partial charge in [-0.05, 0) is 68.1 Å². The summed E-state index contributed by atoms with van der Waals surface area (Å²) in [6.45, 7) is 15.0. The van der Waals surface area contributed by atoms with E-state index < -0.39 is 12.2 Å². The van der Waals surface area contributed by atoms with Gasteiger partial charge in [0.1, 0.15) is 12.2 Å². The first kappa shape index (κ1) is 31.5. The highest BCUT2D eigenvalue weighted by atomic mass is 16.6. The Hall–Kier alpha value is -1.54. The lowest BCUT2D eigenvalue weighted by molar-refractivity contribution is 0.00421. The number of nitrogens with one attached hydrogen (secondary N) is 2. The molecule has 0 spiro atoms. The van der Waals surface area contributed by atoms with Gasteiger partial charge in [-0.15, -0.1) is 0 Å². The molecule has 2 saturated carbocycles. The summed E-state index contributed by atoms with van der Waals surface area (Å²) >= 11 is 0. The van der Waals surface area contributed by atoms with Gasteiger partial charge >= 0.3 is 12.2 Å². The average Bonchev–Trinajstić information content (AvgIpc) is 2.77. The Morgan fingerprint density at radius 3 is 1.66 bits per heavy atom. The standard InChI is InChI=1S/C14H27NO3.C13H25NO3/c1-9(2)12-6-5-10(3)7-13(12)18-14(17)15-11(4)8-16;1-9(2)11-5-4-10(3)8-12(11)17-13(16)14-6-7-15/h9-13,16H,5-8H2,1-4H3,(H,15,17);9-12,15H,4-8H2,1-3H3,(H,14,16). The lowest BCUT2D eigenvalue weighted by atomic mass is 9.75. The predicted molar refractivity (Wildman–Crippen MR) is 138 cm³/mol. The van der Waals surface area contributed by atoms with Crippen molar-refractivity contribution in [2.75, 3.05) is 19.8 Å². The van der Waals surface area contributed by atoms with E-state index >= 15 is 0 Å². The molecule has 8 heteroatoms. The van der Waals surface area contributed by atoms with Gasteiger partial charge in [0, 0.05) is 6.54 Å². The maximum absolute atomic E-state index is 11.7. The van der Waals surface area contributed by atoms with Gasteiger partial charge in [0.05, 0.1) is 19.3 Å². The van der Waals surface area contributed by atoms with Crippen molar-refractivity contribution in [3.8, 4) is 0 Å². The highest BCUT2D eigenvalue weighted by Crippen LogP contribution is 2.36. The van der Waals surface area contributed by atoms with Crippen molar-refractivity contribution in [2.45, 2.75) is 105 Å². The summed E-state index contributed by atoms with van der Waals surface area (Å²) < 4.78 is 11.0. The fraction of sp³-hybridized carbons (Fsp3) is 0.926. The lowest BCUT2D eigenvalue weighted by Gasteiger charge is -2.36. The number of hydrogen-bond acceptors (Lipinski definition) is 6. The minimum absolute atomic E-state index is 0.0136. The van der Waals surface area contributed by atoms with Gasteiger partial charge in [0.2, 0.25) is 0 Å². The number of hydrogen-bond donors (Lipinski definition) is 4. The van der Waals surface area contributed by atoms with Crippen molar-refractivity contribution < 1.29 is 29.3 Å². The Bertz CT molecular complexity index is 614. The molecule has 2 aliphatic rings. The highest BCUT2D eigenvalue weighted by Gasteiger charge is 2.34. The fourth-order valence-electron chi connectivity index (χ4n) is 5.26. The zero-order valence-corrected chi connectivity index (χ0v) is 23.1. The van der Waals surface area contributed by atoms with E-state index in [1.54, 1.807) is 6.92 Å². The minimum Gasteiger partial charge on any atom is -0.446 e. The maximum Gasteiger partial charge on any atom is 0.407 e. The number of rotatable bonds is 8. The number of carbonyl (C=O) groups excluding carboxylic acids is 2. The van der Waals surface area contributed by atoms with Crippen LogP contribution in [0.1, 0.15) is 87.0 Å². The minimum atomic E-state index is -0.402. The van der Waals surface area contributed by atoms with Crippen LogP contribution in [0.15, 0.2) is 0 Å². The van der Waals surface area contributed by atoms with Gasteiger partial charge in [0.25, 0.3) is 0 Å². The summed E-state index contributed by atoms with van der Waals surface area (Å²) in [5, 5.41) is 22.7. The van der Waals surface area contributed by atoms with Gasteiger partial charge in [-0.3, -0.25) is 0 Å². The van der Waals surface area contributed by atoms with Gasteiger partial charge < -0.3 is 30.3 Å². The van der Waals surface area contributed by atoms with Crippen molar-refractivity contribution in [1.29, 1.82) is 0 Å². The number of alkyl carbamates (subject to hydrolysis) is 2. The van der Waals surface area contributed by atoms with Crippen LogP contribution in [0.5, 0.6) is 0 Å². The number of aliphatic hydroxyl groups excluding tert-OH is 2. The Labute approximate surface area is 212 Å². The molecule has 8 nitrogen and oxygen atoms in total. The Morgan fingerprint density at radius 2 is 1.26 bits per heavy atom. The van der Waals surface area contributed by atoms with Gasteiger partial charge in [-0.2, -0.15) is 0 Å². The molecule has 0 aromatic carbocycles. The van der Waals surface area contributed by atoms with E-state index in [9.17, 15) is 9.59 Å². The molecule has 0 heterocycles. The molecule has 0 bridgehead atoms. The smallest absolute Gasteiger partial charge is 0.407 e. The van der Waals surface area contributed by atoms with Crippen molar-refractivity contribution in [3.63, 3.8) is 0 Å². The van der Waals surface area contributed by atoms with Crippen LogP contribution in [0.4, 0.5) is 9.59 Å². The molecule has 2 rings (SSSR count). The van der Waals surface area contributed by atoms with Crippen molar-refractivity contribution in [1.82, 2.24) is 10.6 Å². The molecule has 0 aromatic heterocycles. The lowest BCUT2D eigenvalue weighted by Crippen LogP contribution is -2.42. The molecule has 0 aliphatic heterocycles. The van der Waals surface area contributed by atoms with Crippen molar-refractivity contribution >= 4 is 12.2 Å². The molecule has 206 valence electrons. The van der Waals surface area contributed by atoms with Crippen LogP contribution in [0.3, 0.4) is 0 Å². The summed E-state index contributed by atoms with van der Waals surface area (Å²) in [5.74, 6) is 3.24. The van der Waals surface area contributed by atoms with Gasteiger partial charge in [0.15, 0.2) is 0 Å². The second-order valence-electron chi connectivity index (χ2n) is 11.4. The van der Waals surface area contributed by atoms with E-state index in [1.165, 1.54) is 12.8 Å². The Balaban J connectivity index is 0.000000351. The van der Waals surface area contributed by atoms with E-state index in [-0.39, 0.29) is 38.0 Å². The number of amides is 2. The van der Waals surface area contributed by atoms with Gasteiger partial charge in [-0.1, -0.05) is 54.4 Å². The summed E-state index contributed by atoms with van der Waals surface area (Å²) in [6, 6.07) is -0.254. The topological polar surface area (TPSA) is 117 Å². The molecule has 7 unspecified atom stereocenters. The quantitative estimate of drug-likeness (QED) is 0.383. The molecule has 35 heavy (non-hydrogen) atoms. The zero-order chi connectivity index (χ0) is 26.5.